The minimum atomic E-state index is -1.02. The third kappa shape index (κ3) is 3.25. The van der Waals surface area contributed by atoms with Gasteiger partial charge in [-0.15, -0.1) is 0 Å². The molecule has 3 heteroatoms. The van der Waals surface area contributed by atoms with E-state index in [9.17, 15) is 4.79 Å². The Bertz CT molecular complexity index is 140. The normalized spacial score (nSPS) is 12.3. The van der Waals surface area contributed by atoms with E-state index in [0.29, 0.717) is 12.2 Å². The van der Waals surface area contributed by atoms with E-state index in [0.717, 1.165) is 0 Å². The van der Waals surface area contributed by atoms with Gasteiger partial charge in [0, 0.05) is 0 Å². The van der Waals surface area contributed by atoms with Crippen molar-refractivity contribution in [3.8, 4) is 0 Å². The van der Waals surface area contributed by atoms with Gasteiger partial charge in [-0.3, -0.25) is 0 Å². The van der Waals surface area contributed by atoms with Crippen molar-refractivity contribution in [2.24, 2.45) is 0 Å². The SMILES string of the molecule is C=C(C)OC(=O)C(O)CC. The van der Waals surface area contributed by atoms with E-state index in [-0.39, 0.29) is 0 Å². The third-order valence-electron chi connectivity index (χ3n) is 0.934. The zero-order valence-corrected chi connectivity index (χ0v) is 6.26. The maximum atomic E-state index is 10.7. The van der Waals surface area contributed by atoms with Crippen molar-refractivity contribution in [2.45, 2.75) is 26.4 Å². The van der Waals surface area contributed by atoms with Crippen molar-refractivity contribution in [3.05, 3.63) is 12.3 Å². The van der Waals surface area contributed by atoms with Crippen molar-refractivity contribution < 1.29 is 14.6 Å². The molecule has 0 aliphatic carbocycles. The number of allylic oxidation sites excluding steroid dienone is 1. The molecule has 58 valence electrons. The van der Waals surface area contributed by atoms with E-state index < -0.39 is 12.1 Å². The van der Waals surface area contributed by atoms with E-state index in [4.69, 9.17) is 5.11 Å². The van der Waals surface area contributed by atoms with E-state index in [1.165, 1.54) is 0 Å². The second-order valence-corrected chi connectivity index (χ2v) is 2.05. The van der Waals surface area contributed by atoms with Gasteiger partial charge in [0.05, 0.1) is 5.76 Å². The van der Waals surface area contributed by atoms with Crippen LogP contribution in [0, 0.1) is 0 Å². The summed E-state index contributed by atoms with van der Waals surface area (Å²) in [4.78, 5) is 10.7. The van der Waals surface area contributed by atoms with Crippen LogP contribution in [0.25, 0.3) is 0 Å². The van der Waals surface area contributed by atoms with Gasteiger partial charge in [0.2, 0.25) is 0 Å². The van der Waals surface area contributed by atoms with Gasteiger partial charge < -0.3 is 9.84 Å². The van der Waals surface area contributed by atoms with Crippen LogP contribution in [0.1, 0.15) is 20.3 Å². The molecule has 0 radical (unpaired) electrons. The predicted molar refractivity (Wildman–Crippen MR) is 37.2 cm³/mol. The molecule has 0 bridgehead atoms. The lowest BCUT2D eigenvalue weighted by Crippen LogP contribution is -2.20. The minimum absolute atomic E-state index is 0.303. The lowest BCUT2D eigenvalue weighted by molar-refractivity contribution is -0.149. The lowest BCUT2D eigenvalue weighted by atomic mass is 10.3. The van der Waals surface area contributed by atoms with Gasteiger partial charge in [0.1, 0.15) is 0 Å². The van der Waals surface area contributed by atoms with Gasteiger partial charge in [0.25, 0.3) is 0 Å². The van der Waals surface area contributed by atoms with Gasteiger partial charge in [0.15, 0.2) is 6.10 Å². The number of hydrogen-bond donors (Lipinski definition) is 1. The first-order chi connectivity index (χ1) is 4.57. The van der Waals surface area contributed by atoms with Crippen LogP contribution in [0.3, 0.4) is 0 Å². The Morgan fingerprint density at radius 1 is 1.80 bits per heavy atom. The molecule has 0 amide bonds. The van der Waals surface area contributed by atoms with Crippen LogP contribution in [0.5, 0.6) is 0 Å². The molecule has 0 aromatic rings. The van der Waals surface area contributed by atoms with Gasteiger partial charge >= 0.3 is 5.97 Å². The first-order valence-corrected chi connectivity index (χ1v) is 3.13. The summed E-state index contributed by atoms with van der Waals surface area (Å²) < 4.78 is 4.52. The Labute approximate surface area is 60.3 Å². The highest BCUT2D eigenvalue weighted by atomic mass is 16.5. The monoisotopic (exact) mass is 144 g/mol. The van der Waals surface area contributed by atoms with E-state index >= 15 is 0 Å². The maximum Gasteiger partial charge on any atom is 0.339 e. The summed E-state index contributed by atoms with van der Waals surface area (Å²) in [5.41, 5.74) is 0. The largest absolute Gasteiger partial charge is 0.430 e. The van der Waals surface area contributed by atoms with Crippen molar-refractivity contribution in [2.75, 3.05) is 0 Å². The summed E-state index contributed by atoms with van der Waals surface area (Å²) in [5.74, 6) is -0.326. The number of hydrogen-bond acceptors (Lipinski definition) is 3. The van der Waals surface area contributed by atoms with E-state index in [1.807, 2.05) is 0 Å². The minimum Gasteiger partial charge on any atom is -0.430 e. The molecule has 1 unspecified atom stereocenters. The standard InChI is InChI=1S/C7H12O3/c1-4-6(8)7(9)10-5(2)3/h6,8H,2,4H2,1,3H3. The molecule has 10 heavy (non-hydrogen) atoms. The first kappa shape index (κ1) is 9.17. The number of aliphatic hydroxyl groups is 1. The van der Waals surface area contributed by atoms with Crippen molar-refractivity contribution in [3.63, 3.8) is 0 Å². The number of rotatable bonds is 3. The van der Waals surface area contributed by atoms with Crippen LogP contribution in [-0.4, -0.2) is 17.2 Å². The summed E-state index contributed by atoms with van der Waals surface area (Å²) in [6, 6.07) is 0. The van der Waals surface area contributed by atoms with E-state index in [2.05, 4.69) is 11.3 Å². The molecule has 0 fully saturated rings. The Morgan fingerprint density at radius 2 is 2.30 bits per heavy atom. The Hall–Kier alpha value is -0.830. The summed E-state index contributed by atoms with van der Waals surface area (Å²) in [6.45, 7) is 6.61. The van der Waals surface area contributed by atoms with Crippen molar-refractivity contribution >= 4 is 5.97 Å². The molecule has 0 spiro atoms. The number of carbonyl (C=O) groups is 1. The fourth-order valence-electron chi connectivity index (χ4n) is 0.406. The van der Waals surface area contributed by atoms with Crippen molar-refractivity contribution in [1.29, 1.82) is 0 Å². The Balaban J connectivity index is 3.73. The fourth-order valence-corrected chi connectivity index (χ4v) is 0.406. The van der Waals surface area contributed by atoms with Gasteiger partial charge in [-0.1, -0.05) is 13.5 Å². The molecule has 0 aliphatic heterocycles. The molecule has 0 saturated carbocycles. The zero-order valence-electron chi connectivity index (χ0n) is 6.26. The highest BCUT2D eigenvalue weighted by Crippen LogP contribution is 1.98. The number of carbonyl (C=O) groups excluding carboxylic acids is 1. The van der Waals surface area contributed by atoms with Gasteiger partial charge in [-0.2, -0.15) is 0 Å². The molecular weight excluding hydrogens is 132 g/mol. The summed E-state index contributed by atoms with van der Waals surface area (Å²) in [6.07, 6.45) is -0.650. The molecule has 0 aromatic carbocycles. The Kier molecular flexibility index (Phi) is 3.72. The topological polar surface area (TPSA) is 46.5 Å². The van der Waals surface area contributed by atoms with Gasteiger partial charge in [-0.05, 0) is 13.3 Å². The average molecular weight is 144 g/mol. The highest BCUT2D eigenvalue weighted by molar-refractivity contribution is 5.75. The van der Waals surface area contributed by atoms with Gasteiger partial charge in [-0.25, -0.2) is 4.79 Å². The van der Waals surface area contributed by atoms with Crippen LogP contribution in [0.15, 0.2) is 12.3 Å². The molecule has 1 N–H and O–H groups in total. The van der Waals surface area contributed by atoms with Crippen LogP contribution < -0.4 is 0 Å². The van der Waals surface area contributed by atoms with Crippen LogP contribution >= 0.6 is 0 Å². The molecule has 1 atom stereocenters. The van der Waals surface area contributed by atoms with Crippen molar-refractivity contribution in [1.82, 2.24) is 0 Å². The third-order valence-corrected chi connectivity index (χ3v) is 0.934. The van der Waals surface area contributed by atoms with Crippen LogP contribution in [-0.2, 0) is 9.53 Å². The quantitative estimate of drug-likeness (QED) is 0.471. The van der Waals surface area contributed by atoms with Crippen LogP contribution in [0.4, 0.5) is 0 Å². The smallest absolute Gasteiger partial charge is 0.339 e. The molecular formula is C7H12O3. The average Bonchev–Trinajstić information content (AvgIpc) is 1.85. The molecule has 0 rings (SSSR count). The summed E-state index contributed by atoms with van der Waals surface area (Å²) in [7, 11) is 0. The zero-order chi connectivity index (χ0) is 8.15. The summed E-state index contributed by atoms with van der Waals surface area (Å²) in [5, 5.41) is 8.86. The number of aliphatic hydroxyl groups excluding tert-OH is 1. The van der Waals surface area contributed by atoms with Crippen LogP contribution in [0.2, 0.25) is 0 Å². The maximum absolute atomic E-state index is 10.7. The lowest BCUT2D eigenvalue weighted by Gasteiger charge is -2.06. The number of esters is 1. The molecule has 0 saturated heterocycles. The second kappa shape index (κ2) is 4.06. The number of ether oxygens (including phenoxy) is 1. The molecule has 0 heterocycles. The highest BCUT2D eigenvalue weighted by Gasteiger charge is 2.13. The second-order valence-electron chi connectivity index (χ2n) is 2.05. The Morgan fingerprint density at radius 3 is 2.60 bits per heavy atom. The molecule has 0 aliphatic rings. The first-order valence-electron chi connectivity index (χ1n) is 3.13. The fraction of sp³-hybridized carbons (Fsp3) is 0.571. The molecule has 0 aromatic heterocycles. The molecule has 3 nitrogen and oxygen atoms in total. The van der Waals surface area contributed by atoms with E-state index in [1.54, 1.807) is 13.8 Å². The summed E-state index contributed by atoms with van der Waals surface area (Å²) >= 11 is 0. The predicted octanol–water partition coefficient (Wildman–Crippen LogP) is 0.834.